The number of carbonyl (C=O) groups is 1. The summed E-state index contributed by atoms with van der Waals surface area (Å²) in [6, 6.07) is 5.85. The van der Waals surface area contributed by atoms with Crippen molar-refractivity contribution in [2.24, 2.45) is 0 Å². The molecule has 26 heavy (non-hydrogen) atoms. The predicted octanol–water partition coefficient (Wildman–Crippen LogP) is 3.23. The molecule has 1 aliphatic heterocycles. The van der Waals surface area contributed by atoms with E-state index in [0.29, 0.717) is 12.1 Å². The second-order valence-corrected chi connectivity index (χ2v) is 7.14. The lowest BCUT2D eigenvalue weighted by atomic mass is 10.0. The van der Waals surface area contributed by atoms with Crippen molar-refractivity contribution < 1.29 is 4.79 Å². The van der Waals surface area contributed by atoms with Gasteiger partial charge in [-0.3, -0.25) is 9.48 Å². The maximum Gasteiger partial charge on any atom is 0.254 e. The molecule has 134 valence electrons. The van der Waals surface area contributed by atoms with E-state index in [1.165, 1.54) is 0 Å². The number of hydrogen-bond donors (Lipinski definition) is 0. The van der Waals surface area contributed by atoms with Gasteiger partial charge in [-0.2, -0.15) is 5.10 Å². The van der Waals surface area contributed by atoms with Crippen LogP contribution in [0.25, 0.3) is 11.0 Å². The number of aromatic nitrogens is 4. The number of nitrogens with zero attached hydrogens (tertiary/aromatic N) is 5. The molecule has 6 nitrogen and oxygen atoms in total. The smallest absolute Gasteiger partial charge is 0.254 e. The Kier molecular flexibility index (Phi) is 4.18. The molecule has 2 aromatic heterocycles. The van der Waals surface area contributed by atoms with E-state index in [1.807, 2.05) is 54.7 Å². The average molecular weight is 349 g/mol. The van der Waals surface area contributed by atoms with Gasteiger partial charge in [0.15, 0.2) is 0 Å². The molecule has 0 aliphatic carbocycles. The third-order valence-electron chi connectivity index (χ3n) is 5.11. The molecule has 1 amide bonds. The van der Waals surface area contributed by atoms with E-state index in [9.17, 15) is 4.79 Å². The van der Waals surface area contributed by atoms with Gasteiger partial charge in [0.05, 0.1) is 34.7 Å². The van der Waals surface area contributed by atoms with E-state index in [1.54, 1.807) is 0 Å². The minimum atomic E-state index is 0.0560. The van der Waals surface area contributed by atoms with Crippen LogP contribution in [0.15, 0.2) is 30.6 Å². The Morgan fingerprint density at radius 3 is 2.62 bits per heavy atom. The average Bonchev–Trinajstić information content (AvgIpc) is 3.08. The van der Waals surface area contributed by atoms with E-state index in [0.717, 1.165) is 47.4 Å². The molecule has 3 aromatic rings. The topological polar surface area (TPSA) is 63.9 Å². The van der Waals surface area contributed by atoms with Gasteiger partial charge in [0, 0.05) is 24.8 Å². The molecular formula is C20H23N5O. The molecule has 0 saturated carbocycles. The summed E-state index contributed by atoms with van der Waals surface area (Å²) in [4.78, 5) is 24.1. The van der Waals surface area contributed by atoms with Crippen LogP contribution in [0.5, 0.6) is 0 Å². The minimum Gasteiger partial charge on any atom is -0.337 e. The first-order chi connectivity index (χ1) is 12.5. The van der Waals surface area contributed by atoms with Crippen molar-refractivity contribution in [3.63, 3.8) is 0 Å². The first kappa shape index (κ1) is 16.7. The Bertz CT molecular complexity index is 977. The molecule has 1 fully saturated rings. The second-order valence-electron chi connectivity index (χ2n) is 7.14. The normalized spacial score (nSPS) is 17.7. The van der Waals surface area contributed by atoms with Crippen molar-refractivity contribution in [1.29, 1.82) is 0 Å². The largest absolute Gasteiger partial charge is 0.337 e. The number of piperidine rings is 1. The van der Waals surface area contributed by atoms with E-state index in [-0.39, 0.29) is 11.9 Å². The summed E-state index contributed by atoms with van der Waals surface area (Å²) < 4.78 is 1.99. The van der Waals surface area contributed by atoms with Crippen LogP contribution in [0.3, 0.4) is 0 Å². The summed E-state index contributed by atoms with van der Waals surface area (Å²) in [7, 11) is 0. The molecule has 0 radical (unpaired) electrons. The molecule has 0 bridgehead atoms. The van der Waals surface area contributed by atoms with Gasteiger partial charge in [0.1, 0.15) is 0 Å². The quantitative estimate of drug-likeness (QED) is 0.712. The zero-order chi connectivity index (χ0) is 18.3. The van der Waals surface area contributed by atoms with Gasteiger partial charge in [-0.25, -0.2) is 9.97 Å². The Labute approximate surface area is 152 Å². The van der Waals surface area contributed by atoms with Crippen molar-refractivity contribution in [3.8, 4) is 0 Å². The number of rotatable bonds is 2. The molecule has 4 rings (SSSR count). The standard InChI is InChI=1S/C20H23N5O/c1-13-10-21-25(11-13)17-5-4-8-24(12-17)20(26)16-6-7-18-19(9-16)23-15(3)14(2)22-18/h6-7,9-11,17H,4-5,8,12H2,1-3H3/t17-/m0/s1. The highest BCUT2D eigenvalue weighted by molar-refractivity contribution is 5.97. The van der Waals surface area contributed by atoms with Crippen molar-refractivity contribution in [2.75, 3.05) is 13.1 Å². The van der Waals surface area contributed by atoms with Gasteiger partial charge >= 0.3 is 0 Å². The molecular weight excluding hydrogens is 326 g/mol. The van der Waals surface area contributed by atoms with Crippen molar-refractivity contribution in [3.05, 3.63) is 53.1 Å². The number of likely N-dealkylation sites (tertiary alicyclic amines) is 1. The number of amides is 1. The van der Waals surface area contributed by atoms with Crippen LogP contribution in [-0.2, 0) is 0 Å². The molecule has 1 saturated heterocycles. The van der Waals surface area contributed by atoms with Crippen LogP contribution in [0.1, 0.15) is 46.2 Å². The summed E-state index contributed by atoms with van der Waals surface area (Å²) in [5.74, 6) is 0.0560. The maximum absolute atomic E-state index is 13.0. The zero-order valence-electron chi connectivity index (χ0n) is 15.4. The summed E-state index contributed by atoms with van der Waals surface area (Å²) in [6.45, 7) is 7.40. The van der Waals surface area contributed by atoms with E-state index >= 15 is 0 Å². The van der Waals surface area contributed by atoms with Crippen LogP contribution >= 0.6 is 0 Å². The molecule has 1 atom stereocenters. The highest BCUT2D eigenvalue weighted by atomic mass is 16.2. The summed E-state index contributed by atoms with van der Waals surface area (Å²) in [5.41, 5.74) is 5.24. The Balaban J connectivity index is 1.58. The number of hydrogen-bond acceptors (Lipinski definition) is 4. The molecule has 1 aliphatic rings. The van der Waals surface area contributed by atoms with Crippen LogP contribution < -0.4 is 0 Å². The van der Waals surface area contributed by atoms with E-state index in [4.69, 9.17) is 0 Å². The lowest BCUT2D eigenvalue weighted by Crippen LogP contribution is -2.40. The molecule has 0 N–H and O–H groups in total. The van der Waals surface area contributed by atoms with Gasteiger partial charge in [0.25, 0.3) is 5.91 Å². The summed E-state index contributed by atoms with van der Waals surface area (Å²) >= 11 is 0. The van der Waals surface area contributed by atoms with E-state index < -0.39 is 0 Å². The van der Waals surface area contributed by atoms with Gasteiger partial charge in [-0.1, -0.05) is 0 Å². The number of aryl methyl sites for hydroxylation is 3. The van der Waals surface area contributed by atoms with Crippen LogP contribution in [-0.4, -0.2) is 43.6 Å². The third-order valence-corrected chi connectivity index (χ3v) is 5.11. The number of carbonyl (C=O) groups excluding carboxylic acids is 1. The SMILES string of the molecule is Cc1cnn([C@H]2CCCN(C(=O)c3ccc4nc(C)c(C)nc4c3)C2)c1. The van der Waals surface area contributed by atoms with Gasteiger partial charge < -0.3 is 4.90 Å². The molecule has 3 heterocycles. The summed E-state index contributed by atoms with van der Waals surface area (Å²) in [5, 5.41) is 4.43. The fraction of sp³-hybridized carbons (Fsp3) is 0.400. The van der Waals surface area contributed by atoms with E-state index in [2.05, 4.69) is 21.3 Å². The Morgan fingerprint density at radius 1 is 1.12 bits per heavy atom. The zero-order valence-corrected chi connectivity index (χ0v) is 15.4. The monoisotopic (exact) mass is 349 g/mol. The van der Waals surface area contributed by atoms with Gasteiger partial charge in [0.2, 0.25) is 0 Å². The Hall–Kier alpha value is -2.76. The predicted molar refractivity (Wildman–Crippen MR) is 100 cm³/mol. The Morgan fingerprint density at radius 2 is 1.88 bits per heavy atom. The summed E-state index contributed by atoms with van der Waals surface area (Å²) in [6.07, 6.45) is 5.95. The maximum atomic E-state index is 13.0. The molecule has 1 aromatic carbocycles. The molecule has 0 spiro atoms. The second kappa shape index (κ2) is 6.52. The molecule has 6 heteroatoms. The van der Waals surface area contributed by atoms with Crippen molar-refractivity contribution in [1.82, 2.24) is 24.6 Å². The third kappa shape index (κ3) is 3.07. The highest BCUT2D eigenvalue weighted by Gasteiger charge is 2.26. The highest BCUT2D eigenvalue weighted by Crippen LogP contribution is 2.23. The van der Waals surface area contributed by atoms with Crippen LogP contribution in [0.4, 0.5) is 0 Å². The lowest BCUT2D eigenvalue weighted by Gasteiger charge is -2.33. The van der Waals surface area contributed by atoms with Gasteiger partial charge in [-0.15, -0.1) is 0 Å². The first-order valence-electron chi connectivity index (χ1n) is 9.06. The molecule has 0 unspecified atom stereocenters. The lowest BCUT2D eigenvalue weighted by molar-refractivity contribution is 0.0673. The van der Waals surface area contributed by atoms with Crippen molar-refractivity contribution in [2.45, 2.75) is 39.7 Å². The minimum absolute atomic E-state index is 0.0560. The van der Waals surface area contributed by atoms with Gasteiger partial charge in [-0.05, 0) is 57.4 Å². The number of fused-ring (bicyclic) bond motifs is 1. The fourth-order valence-corrected chi connectivity index (χ4v) is 3.53. The van der Waals surface area contributed by atoms with Crippen LogP contribution in [0, 0.1) is 20.8 Å². The first-order valence-corrected chi connectivity index (χ1v) is 9.06. The van der Waals surface area contributed by atoms with Crippen LogP contribution in [0.2, 0.25) is 0 Å². The fourth-order valence-electron chi connectivity index (χ4n) is 3.53. The van der Waals surface area contributed by atoms with Crippen molar-refractivity contribution >= 4 is 16.9 Å². The number of benzene rings is 1.